The maximum Gasteiger partial charge on any atom is 0.0531 e. The standard InChI is InChI=1S/C11H16ClN3O/c12-8-1-2-9(10(13)5-8)11(15-14)7-3-4-16-6-7/h1-2,5,7,11,15H,3-4,6,13-14H2. The molecule has 0 spiro atoms. The van der Waals surface area contributed by atoms with Gasteiger partial charge in [-0.3, -0.25) is 11.3 Å². The highest BCUT2D eigenvalue weighted by Crippen LogP contribution is 2.32. The van der Waals surface area contributed by atoms with Crippen molar-refractivity contribution < 1.29 is 4.74 Å². The normalized spacial score (nSPS) is 22.2. The van der Waals surface area contributed by atoms with Crippen molar-refractivity contribution in [2.75, 3.05) is 18.9 Å². The summed E-state index contributed by atoms with van der Waals surface area (Å²) >= 11 is 5.87. The van der Waals surface area contributed by atoms with Crippen molar-refractivity contribution in [2.24, 2.45) is 11.8 Å². The van der Waals surface area contributed by atoms with E-state index >= 15 is 0 Å². The molecule has 88 valence electrons. The number of benzene rings is 1. The number of hydrogen-bond donors (Lipinski definition) is 3. The molecule has 2 unspecified atom stereocenters. The zero-order valence-corrected chi connectivity index (χ0v) is 9.70. The SMILES string of the molecule is NNC(c1ccc(Cl)cc1N)C1CCOC1. The van der Waals surface area contributed by atoms with E-state index in [2.05, 4.69) is 5.43 Å². The van der Waals surface area contributed by atoms with Crippen molar-refractivity contribution in [3.8, 4) is 0 Å². The van der Waals surface area contributed by atoms with Crippen LogP contribution in [0.4, 0.5) is 5.69 Å². The number of nitrogens with two attached hydrogens (primary N) is 2. The zero-order valence-electron chi connectivity index (χ0n) is 8.95. The van der Waals surface area contributed by atoms with Crippen LogP contribution in [0.5, 0.6) is 0 Å². The Balaban J connectivity index is 2.25. The first-order valence-corrected chi connectivity index (χ1v) is 5.69. The fourth-order valence-corrected chi connectivity index (χ4v) is 2.30. The van der Waals surface area contributed by atoms with Gasteiger partial charge in [0, 0.05) is 23.2 Å². The van der Waals surface area contributed by atoms with Gasteiger partial charge in [-0.25, -0.2) is 0 Å². The van der Waals surface area contributed by atoms with Crippen LogP contribution in [0.25, 0.3) is 0 Å². The van der Waals surface area contributed by atoms with Crippen LogP contribution in [0.1, 0.15) is 18.0 Å². The molecule has 1 fully saturated rings. The molecule has 1 saturated heterocycles. The maximum absolute atomic E-state index is 5.94. The molecular weight excluding hydrogens is 226 g/mol. The van der Waals surface area contributed by atoms with Gasteiger partial charge in [-0.15, -0.1) is 0 Å². The average Bonchev–Trinajstić information content (AvgIpc) is 2.75. The summed E-state index contributed by atoms with van der Waals surface area (Å²) in [6, 6.07) is 5.52. The molecule has 1 aromatic carbocycles. The van der Waals surface area contributed by atoms with E-state index in [0.717, 1.165) is 25.2 Å². The lowest BCUT2D eigenvalue weighted by Crippen LogP contribution is -2.34. The maximum atomic E-state index is 5.94. The van der Waals surface area contributed by atoms with E-state index in [9.17, 15) is 0 Å². The molecule has 0 bridgehead atoms. The summed E-state index contributed by atoms with van der Waals surface area (Å²) in [6.07, 6.45) is 0.997. The van der Waals surface area contributed by atoms with Crippen LogP contribution >= 0.6 is 11.6 Å². The van der Waals surface area contributed by atoms with E-state index in [1.165, 1.54) is 0 Å². The molecule has 2 rings (SSSR count). The Bertz CT molecular complexity index is 366. The highest BCUT2D eigenvalue weighted by molar-refractivity contribution is 6.30. The second kappa shape index (κ2) is 5.01. The minimum Gasteiger partial charge on any atom is -0.398 e. The first kappa shape index (κ1) is 11.7. The summed E-state index contributed by atoms with van der Waals surface area (Å²) in [5, 5.41) is 0.639. The van der Waals surface area contributed by atoms with E-state index in [1.54, 1.807) is 6.07 Å². The monoisotopic (exact) mass is 241 g/mol. The molecule has 0 saturated carbocycles. The van der Waals surface area contributed by atoms with E-state index in [4.69, 9.17) is 27.9 Å². The van der Waals surface area contributed by atoms with Crippen LogP contribution in [0, 0.1) is 5.92 Å². The van der Waals surface area contributed by atoms with Crippen LogP contribution in [-0.2, 0) is 4.74 Å². The van der Waals surface area contributed by atoms with Crippen LogP contribution in [0.15, 0.2) is 18.2 Å². The molecule has 1 aromatic rings. The minimum absolute atomic E-state index is 0.0276. The summed E-state index contributed by atoms with van der Waals surface area (Å²) in [4.78, 5) is 0. The Morgan fingerprint density at radius 3 is 2.88 bits per heavy atom. The lowest BCUT2D eigenvalue weighted by molar-refractivity contribution is 0.177. The molecule has 4 nitrogen and oxygen atoms in total. The van der Waals surface area contributed by atoms with E-state index in [-0.39, 0.29) is 6.04 Å². The minimum atomic E-state index is 0.0276. The third-order valence-electron chi connectivity index (χ3n) is 3.00. The Morgan fingerprint density at radius 2 is 2.31 bits per heavy atom. The van der Waals surface area contributed by atoms with Crippen molar-refractivity contribution >= 4 is 17.3 Å². The van der Waals surface area contributed by atoms with Gasteiger partial charge in [-0.1, -0.05) is 17.7 Å². The van der Waals surface area contributed by atoms with Crippen LogP contribution in [0.3, 0.4) is 0 Å². The van der Waals surface area contributed by atoms with Gasteiger partial charge in [0.25, 0.3) is 0 Å². The third kappa shape index (κ3) is 2.30. The molecule has 2 atom stereocenters. The average molecular weight is 242 g/mol. The predicted octanol–water partition coefficient (Wildman–Crippen LogP) is 1.46. The topological polar surface area (TPSA) is 73.3 Å². The van der Waals surface area contributed by atoms with Gasteiger partial charge in [0.05, 0.1) is 12.6 Å². The Hall–Kier alpha value is -0.810. The summed E-state index contributed by atoms with van der Waals surface area (Å²) in [5.41, 5.74) is 10.4. The predicted molar refractivity (Wildman–Crippen MR) is 64.9 cm³/mol. The highest BCUT2D eigenvalue weighted by atomic mass is 35.5. The van der Waals surface area contributed by atoms with E-state index < -0.39 is 0 Å². The fraction of sp³-hybridized carbons (Fsp3) is 0.455. The number of rotatable bonds is 3. The second-order valence-electron chi connectivity index (χ2n) is 4.04. The largest absolute Gasteiger partial charge is 0.398 e. The van der Waals surface area contributed by atoms with Gasteiger partial charge < -0.3 is 10.5 Å². The number of anilines is 1. The molecule has 0 aromatic heterocycles. The van der Waals surface area contributed by atoms with Gasteiger partial charge in [-0.2, -0.15) is 0 Å². The number of halogens is 1. The molecule has 0 radical (unpaired) electrons. The van der Waals surface area contributed by atoms with Gasteiger partial charge in [0.15, 0.2) is 0 Å². The molecule has 5 heteroatoms. The summed E-state index contributed by atoms with van der Waals surface area (Å²) < 4.78 is 5.36. The van der Waals surface area contributed by atoms with Crippen molar-refractivity contribution in [2.45, 2.75) is 12.5 Å². The summed E-state index contributed by atoms with van der Waals surface area (Å²) in [6.45, 7) is 1.51. The quantitative estimate of drug-likeness (QED) is 0.426. The summed E-state index contributed by atoms with van der Waals surface area (Å²) in [5.74, 6) is 5.97. The van der Waals surface area contributed by atoms with Gasteiger partial charge >= 0.3 is 0 Å². The van der Waals surface area contributed by atoms with Gasteiger partial charge in [-0.05, 0) is 24.1 Å². The molecule has 1 heterocycles. The van der Waals surface area contributed by atoms with Crippen molar-refractivity contribution in [1.82, 2.24) is 5.43 Å². The molecule has 16 heavy (non-hydrogen) atoms. The number of hydrazine groups is 1. The number of nitrogens with one attached hydrogen (secondary N) is 1. The molecule has 5 N–H and O–H groups in total. The number of hydrogen-bond acceptors (Lipinski definition) is 4. The molecule has 1 aliphatic rings. The Morgan fingerprint density at radius 1 is 1.50 bits per heavy atom. The van der Waals surface area contributed by atoms with Gasteiger partial charge in [0.2, 0.25) is 0 Å². The van der Waals surface area contributed by atoms with Crippen LogP contribution in [-0.4, -0.2) is 13.2 Å². The van der Waals surface area contributed by atoms with Crippen molar-refractivity contribution in [3.63, 3.8) is 0 Å². The van der Waals surface area contributed by atoms with E-state index in [1.807, 2.05) is 12.1 Å². The highest BCUT2D eigenvalue weighted by Gasteiger charge is 2.27. The lowest BCUT2D eigenvalue weighted by atomic mass is 9.92. The zero-order chi connectivity index (χ0) is 11.5. The Labute approximate surface area is 99.9 Å². The van der Waals surface area contributed by atoms with E-state index in [0.29, 0.717) is 16.6 Å². The molecular formula is C11H16ClN3O. The number of ether oxygens (including phenoxy) is 1. The second-order valence-corrected chi connectivity index (χ2v) is 4.48. The molecule has 0 aliphatic carbocycles. The van der Waals surface area contributed by atoms with Crippen molar-refractivity contribution in [3.05, 3.63) is 28.8 Å². The summed E-state index contributed by atoms with van der Waals surface area (Å²) in [7, 11) is 0. The van der Waals surface area contributed by atoms with Crippen LogP contribution in [0.2, 0.25) is 5.02 Å². The number of nitrogen functional groups attached to an aromatic ring is 1. The molecule has 0 amide bonds. The van der Waals surface area contributed by atoms with Gasteiger partial charge in [0.1, 0.15) is 0 Å². The first-order valence-electron chi connectivity index (χ1n) is 5.31. The smallest absolute Gasteiger partial charge is 0.0531 e. The van der Waals surface area contributed by atoms with Crippen LogP contribution < -0.4 is 17.0 Å². The first-order chi connectivity index (χ1) is 7.72. The lowest BCUT2D eigenvalue weighted by Gasteiger charge is -2.23. The fourth-order valence-electron chi connectivity index (χ4n) is 2.12. The van der Waals surface area contributed by atoms with Crippen molar-refractivity contribution in [1.29, 1.82) is 0 Å². The third-order valence-corrected chi connectivity index (χ3v) is 3.23. The Kier molecular flexibility index (Phi) is 3.66. The molecule has 1 aliphatic heterocycles.